The second kappa shape index (κ2) is 5.16. The maximum atomic E-state index is 13.5. The SMILES string of the molecule is Fc1ccc(C2([CH][C@@H]3CCCN3)CC2)cc1OC(F)(F)F. The van der Waals surface area contributed by atoms with E-state index in [9.17, 15) is 17.6 Å². The summed E-state index contributed by atoms with van der Waals surface area (Å²) >= 11 is 0. The van der Waals surface area contributed by atoms with E-state index in [2.05, 4.69) is 16.5 Å². The molecule has 3 rings (SSSR count). The highest BCUT2D eigenvalue weighted by Crippen LogP contribution is 2.52. The average Bonchev–Trinajstić information content (AvgIpc) is 2.97. The van der Waals surface area contributed by atoms with Gasteiger partial charge in [0.1, 0.15) is 0 Å². The molecule has 1 saturated carbocycles. The van der Waals surface area contributed by atoms with Crippen LogP contribution < -0.4 is 10.1 Å². The van der Waals surface area contributed by atoms with Crippen molar-refractivity contribution in [3.05, 3.63) is 36.0 Å². The Labute approximate surface area is 120 Å². The molecule has 115 valence electrons. The van der Waals surface area contributed by atoms with Crippen LogP contribution in [0.2, 0.25) is 0 Å². The molecule has 0 unspecified atom stereocenters. The van der Waals surface area contributed by atoms with Crippen LogP contribution in [0, 0.1) is 12.2 Å². The maximum Gasteiger partial charge on any atom is 0.573 e. The Kier molecular flexibility index (Phi) is 3.59. The molecule has 1 N–H and O–H groups in total. The van der Waals surface area contributed by atoms with Gasteiger partial charge in [-0.05, 0) is 56.3 Å². The Morgan fingerprint density at radius 3 is 2.62 bits per heavy atom. The molecule has 0 spiro atoms. The largest absolute Gasteiger partial charge is 0.573 e. The molecule has 1 aliphatic carbocycles. The van der Waals surface area contributed by atoms with Gasteiger partial charge in [0.05, 0.1) is 0 Å². The fourth-order valence-corrected chi connectivity index (χ4v) is 2.94. The first-order valence-corrected chi connectivity index (χ1v) is 7.03. The van der Waals surface area contributed by atoms with Gasteiger partial charge in [0.15, 0.2) is 11.6 Å². The van der Waals surface area contributed by atoms with Crippen LogP contribution in [-0.4, -0.2) is 18.9 Å². The minimum atomic E-state index is -4.88. The molecule has 1 aliphatic heterocycles. The van der Waals surface area contributed by atoms with Crippen molar-refractivity contribution in [2.75, 3.05) is 6.54 Å². The molecule has 1 saturated heterocycles. The minimum absolute atomic E-state index is 0.237. The summed E-state index contributed by atoms with van der Waals surface area (Å²) in [7, 11) is 0. The Morgan fingerprint density at radius 2 is 2.05 bits per heavy atom. The molecule has 2 aliphatic rings. The predicted octanol–water partition coefficient (Wildman–Crippen LogP) is 3.71. The van der Waals surface area contributed by atoms with Crippen molar-refractivity contribution in [1.82, 2.24) is 5.32 Å². The van der Waals surface area contributed by atoms with E-state index in [0.29, 0.717) is 5.56 Å². The normalized spacial score (nSPS) is 24.1. The molecule has 1 atom stereocenters. The Bertz CT molecular complexity index is 519. The van der Waals surface area contributed by atoms with E-state index in [1.807, 2.05) is 0 Å². The molecule has 1 radical (unpaired) electrons. The first-order chi connectivity index (χ1) is 9.88. The van der Waals surface area contributed by atoms with Gasteiger partial charge in [0.2, 0.25) is 0 Å². The standard InChI is InChI=1S/C15H16F4NO/c16-12-4-3-10(8-13(12)21-15(17,18)19)14(5-6-14)9-11-2-1-7-20-11/h3-4,8-9,11,20H,1-2,5-7H2/t11-/m0/s1. The molecule has 2 fully saturated rings. The molecule has 1 aromatic carbocycles. The smallest absolute Gasteiger partial charge is 0.403 e. The first kappa shape index (κ1) is 14.6. The number of halogens is 4. The van der Waals surface area contributed by atoms with Gasteiger partial charge >= 0.3 is 6.36 Å². The number of alkyl halides is 3. The molecular formula is C15H16F4NO. The lowest BCUT2D eigenvalue weighted by Crippen LogP contribution is -2.27. The highest BCUT2D eigenvalue weighted by molar-refractivity contribution is 5.41. The summed E-state index contributed by atoms with van der Waals surface area (Å²) in [5, 5.41) is 3.35. The first-order valence-electron chi connectivity index (χ1n) is 7.03. The van der Waals surface area contributed by atoms with Crippen LogP contribution in [0.3, 0.4) is 0 Å². The number of rotatable bonds is 4. The quantitative estimate of drug-likeness (QED) is 0.856. The zero-order valence-electron chi connectivity index (χ0n) is 11.3. The number of ether oxygens (including phenoxy) is 1. The molecule has 2 nitrogen and oxygen atoms in total. The Balaban J connectivity index is 1.80. The van der Waals surface area contributed by atoms with Crippen LogP contribution in [-0.2, 0) is 5.41 Å². The molecular weight excluding hydrogens is 286 g/mol. The lowest BCUT2D eigenvalue weighted by atomic mass is 9.88. The molecule has 1 heterocycles. The van der Waals surface area contributed by atoms with Gasteiger partial charge < -0.3 is 10.1 Å². The van der Waals surface area contributed by atoms with Crippen LogP contribution in [0.1, 0.15) is 31.2 Å². The van der Waals surface area contributed by atoms with E-state index in [4.69, 9.17) is 0 Å². The molecule has 0 amide bonds. The fraction of sp³-hybridized carbons (Fsp3) is 0.533. The van der Waals surface area contributed by atoms with Gasteiger partial charge in [0.25, 0.3) is 0 Å². The summed E-state index contributed by atoms with van der Waals surface area (Å²) in [6, 6.07) is 4.06. The van der Waals surface area contributed by atoms with Crippen molar-refractivity contribution in [3.63, 3.8) is 0 Å². The van der Waals surface area contributed by atoms with Gasteiger partial charge in [-0.2, -0.15) is 0 Å². The van der Waals surface area contributed by atoms with Crippen molar-refractivity contribution in [1.29, 1.82) is 0 Å². The van der Waals surface area contributed by atoms with Gasteiger partial charge in [-0.25, -0.2) is 4.39 Å². The average molecular weight is 302 g/mol. The van der Waals surface area contributed by atoms with E-state index in [1.54, 1.807) is 6.07 Å². The van der Waals surface area contributed by atoms with Crippen LogP contribution in [0.25, 0.3) is 0 Å². The topological polar surface area (TPSA) is 21.3 Å². The van der Waals surface area contributed by atoms with Crippen LogP contribution >= 0.6 is 0 Å². The number of nitrogens with one attached hydrogen (secondary N) is 1. The van der Waals surface area contributed by atoms with Crippen molar-refractivity contribution in [2.45, 2.75) is 43.5 Å². The third-order valence-corrected chi connectivity index (χ3v) is 4.14. The Hall–Kier alpha value is -1.30. The van der Waals surface area contributed by atoms with E-state index < -0.39 is 17.9 Å². The number of hydrogen-bond donors (Lipinski definition) is 1. The van der Waals surface area contributed by atoms with Crippen LogP contribution in [0.15, 0.2) is 18.2 Å². The van der Waals surface area contributed by atoms with Gasteiger partial charge in [-0.3, -0.25) is 0 Å². The van der Waals surface area contributed by atoms with Crippen molar-refractivity contribution in [3.8, 4) is 5.75 Å². The highest BCUT2D eigenvalue weighted by Gasteiger charge is 2.46. The fourth-order valence-electron chi connectivity index (χ4n) is 2.94. The molecule has 0 aromatic heterocycles. The van der Waals surface area contributed by atoms with E-state index in [0.717, 1.165) is 38.3 Å². The third kappa shape index (κ3) is 3.31. The van der Waals surface area contributed by atoms with Gasteiger partial charge in [-0.1, -0.05) is 6.07 Å². The molecule has 0 bridgehead atoms. The monoisotopic (exact) mass is 302 g/mol. The second-order valence-corrected chi connectivity index (χ2v) is 5.72. The van der Waals surface area contributed by atoms with Crippen molar-refractivity contribution >= 4 is 0 Å². The summed E-state index contributed by atoms with van der Waals surface area (Å²) in [6.07, 6.45) is 1.17. The maximum absolute atomic E-state index is 13.5. The van der Waals surface area contributed by atoms with Crippen molar-refractivity contribution in [2.24, 2.45) is 0 Å². The van der Waals surface area contributed by atoms with E-state index in [1.165, 1.54) is 6.07 Å². The minimum Gasteiger partial charge on any atom is -0.403 e. The Morgan fingerprint density at radius 1 is 1.29 bits per heavy atom. The van der Waals surface area contributed by atoms with E-state index >= 15 is 0 Å². The number of benzene rings is 1. The lowest BCUT2D eigenvalue weighted by molar-refractivity contribution is -0.275. The summed E-state index contributed by atoms with van der Waals surface area (Å²) in [4.78, 5) is 0. The van der Waals surface area contributed by atoms with Crippen LogP contribution in [0.5, 0.6) is 5.75 Å². The number of hydrogen-bond acceptors (Lipinski definition) is 2. The molecule has 1 aromatic rings. The summed E-state index contributed by atoms with van der Waals surface area (Å²) in [5.74, 6) is -1.75. The molecule has 21 heavy (non-hydrogen) atoms. The van der Waals surface area contributed by atoms with Crippen LogP contribution in [0.4, 0.5) is 17.6 Å². The van der Waals surface area contributed by atoms with E-state index in [-0.39, 0.29) is 11.5 Å². The molecule has 6 heteroatoms. The summed E-state index contributed by atoms with van der Waals surface area (Å²) in [5.41, 5.74) is 0.455. The zero-order valence-corrected chi connectivity index (χ0v) is 11.3. The zero-order chi connectivity index (χ0) is 15.1. The highest BCUT2D eigenvalue weighted by atomic mass is 19.4. The predicted molar refractivity (Wildman–Crippen MR) is 69.3 cm³/mol. The summed E-state index contributed by atoms with van der Waals surface area (Å²) in [6.45, 7) is 0.961. The summed E-state index contributed by atoms with van der Waals surface area (Å²) < 4.78 is 54.1. The second-order valence-electron chi connectivity index (χ2n) is 5.72. The lowest BCUT2D eigenvalue weighted by Gasteiger charge is -2.21. The van der Waals surface area contributed by atoms with Gasteiger partial charge in [0, 0.05) is 11.5 Å². The van der Waals surface area contributed by atoms with Gasteiger partial charge in [-0.15, -0.1) is 13.2 Å². The van der Waals surface area contributed by atoms with Crippen molar-refractivity contribution < 1.29 is 22.3 Å². The third-order valence-electron chi connectivity index (χ3n) is 4.14.